The Morgan fingerprint density at radius 1 is 1.16 bits per heavy atom. The van der Waals surface area contributed by atoms with Crippen LogP contribution in [0.1, 0.15) is 36.1 Å². The summed E-state index contributed by atoms with van der Waals surface area (Å²) >= 11 is 0. The highest BCUT2D eigenvalue weighted by Gasteiger charge is 2.22. The maximum atomic E-state index is 11.9. The van der Waals surface area contributed by atoms with E-state index in [9.17, 15) is 4.79 Å². The minimum absolute atomic E-state index is 0.108. The van der Waals surface area contributed by atoms with Crippen LogP contribution in [0, 0.1) is 26.7 Å². The van der Waals surface area contributed by atoms with Crippen LogP contribution in [-0.4, -0.2) is 11.7 Å². The van der Waals surface area contributed by atoms with E-state index in [-0.39, 0.29) is 11.8 Å². The van der Waals surface area contributed by atoms with Gasteiger partial charge in [0.15, 0.2) is 0 Å². The molecule has 100 valence electrons. The van der Waals surface area contributed by atoms with E-state index in [0.717, 1.165) is 11.4 Å². The van der Waals surface area contributed by atoms with Crippen LogP contribution in [0.5, 0.6) is 0 Å². The minimum Gasteiger partial charge on any atom is -0.308 e. The van der Waals surface area contributed by atoms with E-state index in [1.54, 1.807) is 0 Å². The third-order valence-corrected chi connectivity index (χ3v) is 3.28. The van der Waals surface area contributed by atoms with Crippen LogP contribution in [0.4, 0.5) is 0 Å². The molecule has 0 radical (unpaired) electrons. The number of carbonyl (C=O) groups excluding carboxylic acids is 1. The highest BCUT2D eigenvalue weighted by Crippen LogP contribution is 2.21. The lowest BCUT2D eigenvalue weighted by Crippen LogP contribution is -2.27. The molecule has 3 nitrogen and oxygen atoms in total. The Morgan fingerprint density at radius 2 is 1.74 bits per heavy atom. The van der Waals surface area contributed by atoms with Gasteiger partial charge in [0.2, 0.25) is 0 Å². The minimum atomic E-state index is -0.108. The van der Waals surface area contributed by atoms with E-state index in [2.05, 4.69) is 43.2 Å². The second-order valence-corrected chi connectivity index (χ2v) is 5.45. The standard InChI is InChI=1S/C16H20N2O/c1-9(2)15-17-14(16(19)18-15)8-13-11(4)6-10(3)7-12(13)5/h6-9H,1-5H3,(H,17,18,19)/b14-8-. The molecule has 1 amide bonds. The van der Waals surface area contributed by atoms with Gasteiger partial charge in [-0.1, -0.05) is 31.5 Å². The first-order valence-electron chi connectivity index (χ1n) is 6.58. The molecular weight excluding hydrogens is 236 g/mol. The highest BCUT2D eigenvalue weighted by molar-refractivity contribution is 6.14. The fourth-order valence-electron chi connectivity index (χ4n) is 2.32. The van der Waals surface area contributed by atoms with E-state index in [4.69, 9.17) is 0 Å². The molecule has 0 unspecified atom stereocenters. The van der Waals surface area contributed by atoms with Crippen molar-refractivity contribution in [1.29, 1.82) is 0 Å². The third kappa shape index (κ3) is 2.75. The van der Waals surface area contributed by atoms with Gasteiger partial charge in [-0.25, -0.2) is 4.99 Å². The molecule has 1 heterocycles. The number of hydrogen-bond acceptors (Lipinski definition) is 2. The molecular formula is C16H20N2O. The summed E-state index contributed by atoms with van der Waals surface area (Å²) in [4.78, 5) is 16.3. The number of nitrogens with zero attached hydrogens (tertiary/aromatic N) is 1. The molecule has 0 saturated heterocycles. The van der Waals surface area contributed by atoms with Crippen LogP contribution >= 0.6 is 0 Å². The molecule has 0 fully saturated rings. The van der Waals surface area contributed by atoms with Crippen molar-refractivity contribution < 1.29 is 4.79 Å². The van der Waals surface area contributed by atoms with Gasteiger partial charge in [-0.3, -0.25) is 4.79 Å². The summed E-state index contributed by atoms with van der Waals surface area (Å²) in [5.41, 5.74) is 5.17. The monoisotopic (exact) mass is 256 g/mol. The quantitative estimate of drug-likeness (QED) is 0.811. The van der Waals surface area contributed by atoms with Crippen molar-refractivity contribution in [3.05, 3.63) is 40.1 Å². The molecule has 3 heteroatoms. The topological polar surface area (TPSA) is 41.5 Å². The zero-order chi connectivity index (χ0) is 14.2. The van der Waals surface area contributed by atoms with Crippen molar-refractivity contribution in [1.82, 2.24) is 5.32 Å². The lowest BCUT2D eigenvalue weighted by Gasteiger charge is -2.07. The summed E-state index contributed by atoms with van der Waals surface area (Å²) in [7, 11) is 0. The molecule has 2 rings (SSSR count). The number of aliphatic imine (C=N–C) groups is 1. The predicted octanol–water partition coefficient (Wildman–Crippen LogP) is 3.14. The fourth-order valence-corrected chi connectivity index (χ4v) is 2.32. The van der Waals surface area contributed by atoms with Gasteiger partial charge in [0, 0.05) is 5.92 Å². The molecule has 0 saturated carbocycles. The molecule has 0 atom stereocenters. The number of hydrogen-bond donors (Lipinski definition) is 1. The summed E-state index contributed by atoms with van der Waals surface area (Å²) in [6.45, 7) is 10.2. The van der Waals surface area contributed by atoms with Crippen molar-refractivity contribution in [3.63, 3.8) is 0 Å². The van der Waals surface area contributed by atoms with E-state index in [1.807, 2.05) is 19.9 Å². The molecule has 1 aliphatic rings. The summed E-state index contributed by atoms with van der Waals surface area (Å²) in [5, 5.41) is 2.82. The molecule has 0 bridgehead atoms. The smallest absolute Gasteiger partial charge is 0.275 e. The van der Waals surface area contributed by atoms with Crippen LogP contribution in [0.2, 0.25) is 0 Å². The SMILES string of the molecule is Cc1cc(C)c(/C=C2\N=C(C(C)C)NC2=O)c(C)c1. The van der Waals surface area contributed by atoms with Crippen molar-refractivity contribution in [2.24, 2.45) is 10.9 Å². The summed E-state index contributed by atoms with van der Waals surface area (Å²) in [6.07, 6.45) is 1.88. The van der Waals surface area contributed by atoms with Gasteiger partial charge in [-0.2, -0.15) is 0 Å². The van der Waals surface area contributed by atoms with E-state index in [0.29, 0.717) is 5.70 Å². The molecule has 1 aliphatic heterocycles. The van der Waals surface area contributed by atoms with Crippen LogP contribution < -0.4 is 5.32 Å². The lowest BCUT2D eigenvalue weighted by atomic mass is 9.99. The predicted molar refractivity (Wildman–Crippen MR) is 79.0 cm³/mol. The van der Waals surface area contributed by atoms with Crippen molar-refractivity contribution >= 4 is 17.8 Å². The van der Waals surface area contributed by atoms with Crippen LogP contribution in [0.15, 0.2) is 22.8 Å². The molecule has 1 N–H and O–H groups in total. The van der Waals surface area contributed by atoms with Crippen molar-refractivity contribution in [3.8, 4) is 0 Å². The Hall–Kier alpha value is -1.90. The summed E-state index contributed by atoms with van der Waals surface area (Å²) in [5.74, 6) is 0.872. The maximum Gasteiger partial charge on any atom is 0.275 e. The number of amidine groups is 1. The first-order chi connectivity index (χ1) is 8.88. The first-order valence-corrected chi connectivity index (χ1v) is 6.58. The number of nitrogens with one attached hydrogen (secondary N) is 1. The van der Waals surface area contributed by atoms with Gasteiger partial charge >= 0.3 is 0 Å². The highest BCUT2D eigenvalue weighted by atomic mass is 16.2. The van der Waals surface area contributed by atoms with E-state index >= 15 is 0 Å². The lowest BCUT2D eigenvalue weighted by molar-refractivity contribution is -0.115. The van der Waals surface area contributed by atoms with E-state index in [1.165, 1.54) is 16.7 Å². The van der Waals surface area contributed by atoms with Crippen LogP contribution in [0.25, 0.3) is 6.08 Å². The van der Waals surface area contributed by atoms with Crippen molar-refractivity contribution in [2.75, 3.05) is 0 Å². The van der Waals surface area contributed by atoms with Gasteiger partial charge in [0.25, 0.3) is 5.91 Å². The Morgan fingerprint density at radius 3 is 2.21 bits per heavy atom. The van der Waals surface area contributed by atoms with Gasteiger partial charge in [0.05, 0.1) is 0 Å². The second-order valence-electron chi connectivity index (χ2n) is 5.45. The van der Waals surface area contributed by atoms with Gasteiger partial charge in [0.1, 0.15) is 11.5 Å². The average Bonchev–Trinajstić information content (AvgIpc) is 2.65. The molecule has 0 spiro atoms. The summed E-state index contributed by atoms with van der Waals surface area (Å²) < 4.78 is 0. The molecule has 1 aromatic carbocycles. The van der Waals surface area contributed by atoms with Gasteiger partial charge in [-0.15, -0.1) is 0 Å². The number of carbonyl (C=O) groups is 1. The van der Waals surface area contributed by atoms with Gasteiger partial charge in [-0.05, 0) is 43.5 Å². The first kappa shape index (κ1) is 13.5. The van der Waals surface area contributed by atoms with Crippen LogP contribution in [-0.2, 0) is 4.79 Å². The number of rotatable bonds is 2. The van der Waals surface area contributed by atoms with Gasteiger partial charge < -0.3 is 5.32 Å². The number of aryl methyl sites for hydroxylation is 3. The Bertz CT molecular complexity index is 572. The molecule has 19 heavy (non-hydrogen) atoms. The average molecular weight is 256 g/mol. The Kier molecular flexibility index (Phi) is 3.56. The Labute approximate surface area is 114 Å². The number of amides is 1. The zero-order valence-corrected chi connectivity index (χ0v) is 12.2. The zero-order valence-electron chi connectivity index (χ0n) is 12.2. The third-order valence-electron chi connectivity index (χ3n) is 3.28. The maximum absolute atomic E-state index is 11.9. The van der Waals surface area contributed by atoms with Crippen LogP contribution in [0.3, 0.4) is 0 Å². The number of benzene rings is 1. The van der Waals surface area contributed by atoms with Crippen molar-refractivity contribution in [2.45, 2.75) is 34.6 Å². The molecule has 1 aromatic rings. The molecule has 0 aliphatic carbocycles. The molecule has 0 aromatic heterocycles. The van der Waals surface area contributed by atoms with E-state index < -0.39 is 0 Å². The Balaban J connectivity index is 2.45. The second kappa shape index (κ2) is 5.00. The fraction of sp³-hybridized carbons (Fsp3) is 0.375. The largest absolute Gasteiger partial charge is 0.308 e. The normalized spacial score (nSPS) is 17.1. The summed E-state index contributed by atoms with van der Waals surface area (Å²) in [6, 6.07) is 4.25.